The third-order valence-electron chi connectivity index (χ3n) is 2.70. The summed E-state index contributed by atoms with van der Waals surface area (Å²) >= 11 is 0. The molecule has 0 aliphatic carbocycles. The molecule has 4 nitrogen and oxygen atoms in total. The number of halogens is 1. The summed E-state index contributed by atoms with van der Waals surface area (Å²) in [7, 11) is 3.24. The minimum atomic E-state index is -0.900. The highest BCUT2D eigenvalue weighted by molar-refractivity contribution is 5.54. The Bertz CT molecular complexity index is 384. The molecule has 0 spiro atoms. The predicted octanol–water partition coefficient (Wildman–Crippen LogP) is 1.32. The minimum Gasteiger partial charge on any atom is -0.389 e. The zero-order chi connectivity index (χ0) is 13.7. The van der Waals surface area contributed by atoms with E-state index in [2.05, 4.69) is 0 Å². The lowest BCUT2D eigenvalue weighted by atomic mass is 10.1. The number of rotatable bonds is 6. The summed E-state index contributed by atoms with van der Waals surface area (Å²) in [6, 6.07) is 4.60. The third kappa shape index (κ3) is 3.66. The number of aliphatic hydroxyl groups is 2. The number of aliphatic hydroxyl groups excluding tert-OH is 2. The molecule has 0 aliphatic heterocycles. The van der Waals surface area contributed by atoms with E-state index in [0.29, 0.717) is 12.2 Å². The van der Waals surface area contributed by atoms with Gasteiger partial charge in [-0.3, -0.25) is 0 Å². The van der Waals surface area contributed by atoms with E-state index in [4.69, 9.17) is 4.74 Å². The van der Waals surface area contributed by atoms with Crippen molar-refractivity contribution in [3.63, 3.8) is 0 Å². The second-order valence-electron chi connectivity index (χ2n) is 4.34. The molecule has 5 heteroatoms. The van der Waals surface area contributed by atoms with Crippen LogP contribution in [-0.4, -0.2) is 43.6 Å². The van der Waals surface area contributed by atoms with Crippen LogP contribution >= 0.6 is 0 Å². The van der Waals surface area contributed by atoms with Crippen molar-refractivity contribution in [1.82, 2.24) is 0 Å². The first-order chi connectivity index (χ1) is 8.47. The lowest BCUT2D eigenvalue weighted by Crippen LogP contribution is -2.32. The zero-order valence-electron chi connectivity index (χ0n) is 10.9. The summed E-state index contributed by atoms with van der Waals surface area (Å²) < 4.78 is 18.5. The van der Waals surface area contributed by atoms with Crippen LogP contribution in [0.1, 0.15) is 18.6 Å². The van der Waals surface area contributed by atoms with Gasteiger partial charge in [0.2, 0.25) is 0 Å². The predicted molar refractivity (Wildman–Crippen MR) is 68.2 cm³/mol. The highest BCUT2D eigenvalue weighted by Gasteiger charge is 2.17. The SMILES string of the molecule is COCC(O)CN(C)c1cccc(F)c1C(C)O. The summed E-state index contributed by atoms with van der Waals surface area (Å²) in [5, 5.41) is 19.3. The molecular formula is C13H20FNO3. The standard InChI is InChI=1S/C13H20FNO3/c1-9(16)13-11(14)5-4-6-12(13)15(2)7-10(17)8-18-3/h4-6,9-10,16-17H,7-8H2,1-3H3. The molecule has 0 amide bonds. The van der Waals surface area contributed by atoms with E-state index < -0.39 is 18.0 Å². The van der Waals surface area contributed by atoms with Gasteiger partial charge in [0.1, 0.15) is 5.82 Å². The Kier molecular flexibility index (Phi) is 5.53. The topological polar surface area (TPSA) is 52.9 Å². The molecule has 0 heterocycles. The molecule has 1 aromatic carbocycles. The number of benzene rings is 1. The van der Waals surface area contributed by atoms with Crippen LogP contribution in [0.5, 0.6) is 0 Å². The van der Waals surface area contributed by atoms with Crippen molar-refractivity contribution < 1.29 is 19.3 Å². The first-order valence-corrected chi connectivity index (χ1v) is 5.82. The molecule has 0 aromatic heterocycles. The van der Waals surface area contributed by atoms with E-state index in [9.17, 15) is 14.6 Å². The first-order valence-electron chi connectivity index (χ1n) is 5.82. The first kappa shape index (κ1) is 14.9. The molecule has 0 saturated heterocycles. The van der Waals surface area contributed by atoms with E-state index in [1.54, 1.807) is 24.1 Å². The summed E-state index contributed by atoms with van der Waals surface area (Å²) in [5.41, 5.74) is 0.810. The second kappa shape index (κ2) is 6.68. The fraction of sp³-hybridized carbons (Fsp3) is 0.538. The van der Waals surface area contributed by atoms with Crippen molar-refractivity contribution in [2.45, 2.75) is 19.1 Å². The molecular weight excluding hydrogens is 237 g/mol. The summed E-state index contributed by atoms with van der Waals surface area (Å²) in [4.78, 5) is 1.70. The smallest absolute Gasteiger partial charge is 0.131 e. The number of ether oxygens (including phenoxy) is 1. The van der Waals surface area contributed by atoms with Gasteiger partial charge in [0, 0.05) is 32.0 Å². The highest BCUT2D eigenvalue weighted by Crippen LogP contribution is 2.28. The van der Waals surface area contributed by atoms with Gasteiger partial charge in [-0.25, -0.2) is 4.39 Å². The van der Waals surface area contributed by atoms with Crippen LogP contribution in [-0.2, 0) is 4.74 Å². The van der Waals surface area contributed by atoms with Crippen LogP contribution in [0.15, 0.2) is 18.2 Å². The van der Waals surface area contributed by atoms with Gasteiger partial charge in [0.15, 0.2) is 0 Å². The Balaban J connectivity index is 2.91. The number of hydrogen-bond acceptors (Lipinski definition) is 4. The second-order valence-corrected chi connectivity index (χ2v) is 4.34. The zero-order valence-corrected chi connectivity index (χ0v) is 10.9. The van der Waals surface area contributed by atoms with E-state index in [0.717, 1.165) is 0 Å². The molecule has 2 atom stereocenters. The van der Waals surface area contributed by atoms with Gasteiger partial charge < -0.3 is 19.8 Å². The fourth-order valence-corrected chi connectivity index (χ4v) is 1.93. The number of hydrogen-bond donors (Lipinski definition) is 2. The van der Waals surface area contributed by atoms with Crippen molar-refractivity contribution in [3.8, 4) is 0 Å². The molecule has 1 rings (SSSR count). The third-order valence-corrected chi connectivity index (χ3v) is 2.70. The van der Waals surface area contributed by atoms with Gasteiger partial charge in [-0.2, -0.15) is 0 Å². The van der Waals surface area contributed by atoms with Gasteiger partial charge in [0.25, 0.3) is 0 Å². The molecule has 1 aromatic rings. The summed E-state index contributed by atoms with van der Waals surface area (Å²) in [5.74, 6) is -0.449. The Morgan fingerprint density at radius 1 is 1.39 bits per heavy atom. The Hall–Kier alpha value is -1.17. The molecule has 0 radical (unpaired) electrons. The quantitative estimate of drug-likeness (QED) is 0.807. The van der Waals surface area contributed by atoms with Gasteiger partial charge in [0.05, 0.1) is 18.8 Å². The Morgan fingerprint density at radius 3 is 2.61 bits per heavy atom. The van der Waals surface area contributed by atoms with Gasteiger partial charge in [-0.05, 0) is 19.1 Å². The van der Waals surface area contributed by atoms with E-state index in [-0.39, 0.29) is 12.2 Å². The maximum atomic E-state index is 13.7. The number of methoxy groups -OCH3 is 1. The molecule has 0 saturated carbocycles. The summed E-state index contributed by atoms with van der Waals surface area (Å²) in [6.07, 6.45) is -1.56. The van der Waals surface area contributed by atoms with Crippen LogP contribution in [0.3, 0.4) is 0 Å². The van der Waals surface area contributed by atoms with E-state index in [1.807, 2.05) is 0 Å². The molecule has 0 bridgehead atoms. The van der Waals surface area contributed by atoms with Crippen LogP contribution in [0.2, 0.25) is 0 Å². The number of nitrogens with zero attached hydrogens (tertiary/aromatic N) is 1. The lowest BCUT2D eigenvalue weighted by Gasteiger charge is -2.26. The van der Waals surface area contributed by atoms with Crippen molar-refractivity contribution >= 4 is 5.69 Å². The molecule has 18 heavy (non-hydrogen) atoms. The highest BCUT2D eigenvalue weighted by atomic mass is 19.1. The van der Waals surface area contributed by atoms with Crippen LogP contribution in [0.25, 0.3) is 0 Å². The molecule has 102 valence electrons. The summed E-state index contributed by atoms with van der Waals surface area (Å²) in [6.45, 7) is 2.03. The minimum absolute atomic E-state index is 0.212. The number of anilines is 1. The van der Waals surface area contributed by atoms with Crippen molar-refractivity contribution in [2.75, 3.05) is 32.2 Å². The molecule has 2 unspecified atom stereocenters. The van der Waals surface area contributed by atoms with Crippen LogP contribution in [0.4, 0.5) is 10.1 Å². The van der Waals surface area contributed by atoms with Gasteiger partial charge in [-0.15, -0.1) is 0 Å². The van der Waals surface area contributed by atoms with Crippen LogP contribution < -0.4 is 4.90 Å². The average Bonchev–Trinajstić information content (AvgIpc) is 2.28. The Labute approximate surface area is 107 Å². The lowest BCUT2D eigenvalue weighted by molar-refractivity contribution is 0.0694. The van der Waals surface area contributed by atoms with Crippen LogP contribution in [0, 0.1) is 5.82 Å². The largest absolute Gasteiger partial charge is 0.389 e. The molecule has 0 fully saturated rings. The van der Waals surface area contributed by atoms with Gasteiger partial charge >= 0.3 is 0 Å². The monoisotopic (exact) mass is 257 g/mol. The molecule has 0 aliphatic rings. The van der Waals surface area contributed by atoms with E-state index >= 15 is 0 Å². The van der Waals surface area contributed by atoms with Crippen molar-refractivity contribution in [2.24, 2.45) is 0 Å². The van der Waals surface area contributed by atoms with Crippen molar-refractivity contribution in [3.05, 3.63) is 29.6 Å². The molecule has 2 N–H and O–H groups in total. The Morgan fingerprint density at radius 2 is 2.06 bits per heavy atom. The van der Waals surface area contributed by atoms with Gasteiger partial charge in [-0.1, -0.05) is 6.07 Å². The van der Waals surface area contributed by atoms with E-state index in [1.165, 1.54) is 20.1 Å². The maximum absolute atomic E-state index is 13.7. The normalized spacial score (nSPS) is 14.3. The maximum Gasteiger partial charge on any atom is 0.131 e. The number of likely N-dealkylation sites (N-methyl/N-ethyl adjacent to an activating group) is 1. The fourth-order valence-electron chi connectivity index (χ4n) is 1.93. The van der Waals surface area contributed by atoms with Crippen molar-refractivity contribution in [1.29, 1.82) is 0 Å². The average molecular weight is 257 g/mol.